The Morgan fingerprint density at radius 1 is 0.852 bits per heavy atom. The molecule has 0 fully saturated rings. The van der Waals surface area contributed by atoms with E-state index in [0.717, 1.165) is 32.1 Å². The van der Waals surface area contributed by atoms with Gasteiger partial charge in [-0.2, -0.15) is 0 Å². The van der Waals surface area contributed by atoms with Crippen LogP contribution in [0.4, 0.5) is 0 Å². The Balaban J connectivity index is 0. The molecule has 7 heteroatoms. The first-order valence-corrected chi connectivity index (χ1v) is 11.8. The topological polar surface area (TPSA) is 83.5 Å². The number of unbranched alkanes of at least 4 members (excludes halogenated alkanes) is 11. The summed E-state index contributed by atoms with van der Waals surface area (Å²) in [6, 6.07) is 0. The monoisotopic (exact) mass is 412 g/mol. The van der Waals surface area contributed by atoms with E-state index in [1.165, 1.54) is 51.4 Å². The number of allylic oxidation sites excluding steroid dienone is 2. The Kier molecular flexibility index (Phi) is 22.6. The minimum atomic E-state index is -4.30. The Morgan fingerprint density at radius 2 is 1.33 bits per heavy atom. The summed E-state index contributed by atoms with van der Waals surface area (Å²) in [5.74, 6) is -1.07. The van der Waals surface area contributed by atoms with Crippen LogP contribution in [0.5, 0.6) is 0 Å². The van der Waals surface area contributed by atoms with Gasteiger partial charge in [-0.3, -0.25) is 4.79 Å². The van der Waals surface area contributed by atoms with Crippen LogP contribution < -0.4 is 29.6 Å². The zero-order valence-electron chi connectivity index (χ0n) is 17.4. The number of ether oxygens (including phenoxy) is 1. The van der Waals surface area contributed by atoms with Crippen molar-refractivity contribution in [3.8, 4) is 0 Å². The maximum atomic E-state index is 11.3. The van der Waals surface area contributed by atoms with Gasteiger partial charge >= 0.3 is 35.5 Å². The van der Waals surface area contributed by atoms with Crippen LogP contribution in [0.3, 0.4) is 0 Å². The van der Waals surface area contributed by atoms with Crippen molar-refractivity contribution in [2.75, 3.05) is 12.4 Å². The van der Waals surface area contributed by atoms with Crippen molar-refractivity contribution in [2.24, 2.45) is 0 Å². The van der Waals surface area contributed by atoms with Gasteiger partial charge in [0, 0.05) is 6.42 Å². The summed E-state index contributed by atoms with van der Waals surface area (Å²) in [7, 11) is -4.30. The van der Waals surface area contributed by atoms with E-state index in [1.807, 2.05) is 0 Å². The fraction of sp³-hybridized carbons (Fsp3) is 0.850. The summed E-state index contributed by atoms with van der Waals surface area (Å²) in [6.07, 6.45) is 20.4. The van der Waals surface area contributed by atoms with E-state index in [-0.39, 0.29) is 42.6 Å². The second kappa shape index (κ2) is 20.8. The van der Waals surface area contributed by atoms with E-state index >= 15 is 0 Å². The van der Waals surface area contributed by atoms with Crippen LogP contribution in [-0.4, -0.2) is 31.3 Å². The molecule has 0 heterocycles. The summed E-state index contributed by atoms with van der Waals surface area (Å²) in [4.78, 5) is 11.3. The maximum absolute atomic E-state index is 11.3. The van der Waals surface area contributed by atoms with E-state index in [4.69, 9.17) is 4.74 Å². The molecule has 154 valence electrons. The van der Waals surface area contributed by atoms with Crippen LogP contribution in [0.2, 0.25) is 0 Å². The van der Waals surface area contributed by atoms with Gasteiger partial charge in [0.05, 0.1) is 15.9 Å². The van der Waals surface area contributed by atoms with Gasteiger partial charge in [0.25, 0.3) is 0 Å². The van der Waals surface area contributed by atoms with E-state index in [2.05, 4.69) is 19.1 Å². The third-order valence-electron chi connectivity index (χ3n) is 4.24. The van der Waals surface area contributed by atoms with Crippen molar-refractivity contribution < 1.29 is 52.1 Å². The summed E-state index contributed by atoms with van der Waals surface area (Å²) in [5.41, 5.74) is 0. The van der Waals surface area contributed by atoms with E-state index in [0.29, 0.717) is 0 Å². The second-order valence-corrected chi connectivity index (χ2v) is 8.34. The number of carbonyl (C=O) groups excluding carboxylic acids is 1. The molecule has 0 unspecified atom stereocenters. The molecule has 0 radical (unpaired) electrons. The standard InChI is InChI=1S/C20H38O5S.Na/c1-2-3-4-5-6-7-8-9-10-11-12-13-14-15-16-17-20(21)25-18-19-26(22,23)24;/h9-10H,2-8,11-19H2,1H3,(H,22,23,24);/q;+1/p-1/b10-9-;. The number of rotatable bonds is 18. The van der Waals surface area contributed by atoms with Crippen molar-refractivity contribution in [3.63, 3.8) is 0 Å². The second-order valence-electron chi connectivity index (χ2n) is 6.82. The van der Waals surface area contributed by atoms with Gasteiger partial charge < -0.3 is 9.29 Å². The Morgan fingerprint density at radius 3 is 1.85 bits per heavy atom. The average molecular weight is 413 g/mol. The fourth-order valence-corrected chi connectivity index (χ4v) is 2.96. The third kappa shape index (κ3) is 26.1. The minimum absolute atomic E-state index is 0. The maximum Gasteiger partial charge on any atom is 1.00 e. The minimum Gasteiger partial charge on any atom is -0.748 e. The number of esters is 1. The Labute approximate surface area is 188 Å². The zero-order valence-corrected chi connectivity index (χ0v) is 20.2. The third-order valence-corrected chi connectivity index (χ3v) is 4.91. The van der Waals surface area contributed by atoms with Crippen molar-refractivity contribution in [1.29, 1.82) is 0 Å². The largest absolute Gasteiger partial charge is 1.00 e. The van der Waals surface area contributed by atoms with E-state index < -0.39 is 21.8 Å². The van der Waals surface area contributed by atoms with Crippen molar-refractivity contribution in [3.05, 3.63) is 12.2 Å². The molecule has 0 saturated heterocycles. The molecule has 27 heavy (non-hydrogen) atoms. The molecule has 0 aliphatic carbocycles. The van der Waals surface area contributed by atoms with Crippen LogP contribution in [0, 0.1) is 0 Å². The first kappa shape index (κ1) is 29.3. The molecule has 0 atom stereocenters. The first-order valence-electron chi connectivity index (χ1n) is 10.2. The summed E-state index contributed by atoms with van der Waals surface area (Å²) < 4.78 is 35.8. The Hall–Kier alpha value is 0.120. The Bertz CT molecular complexity index is 463. The molecule has 5 nitrogen and oxygen atoms in total. The predicted molar refractivity (Wildman–Crippen MR) is 105 cm³/mol. The first-order chi connectivity index (χ1) is 12.5. The summed E-state index contributed by atoms with van der Waals surface area (Å²) in [5, 5.41) is 0. The van der Waals surface area contributed by atoms with Gasteiger partial charge in [-0.1, -0.05) is 70.4 Å². The molecule has 0 N–H and O–H groups in total. The molecule has 0 aliphatic heterocycles. The van der Waals surface area contributed by atoms with Gasteiger partial charge in [0.2, 0.25) is 0 Å². The molecule has 0 aromatic carbocycles. The van der Waals surface area contributed by atoms with Crippen LogP contribution in [0.1, 0.15) is 96.8 Å². The zero-order chi connectivity index (χ0) is 19.5. The molecule has 0 amide bonds. The van der Waals surface area contributed by atoms with Gasteiger partial charge in [-0.25, -0.2) is 8.42 Å². The molecular weight excluding hydrogens is 375 g/mol. The molecule has 0 rings (SSSR count). The molecule has 0 aromatic rings. The van der Waals surface area contributed by atoms with Crippen LogP contribution >= 0.6 is 0 Å². The van der Waals surface area contributed by atoms with Crippen LogP contribution in [0.15, 0.2) is 12.2 Å². The summed E-state index contributed by atoms with van der Waals surface area (Å²) in [6.45, 7) is 1.90. The number of hydrogen-bond donors (Lipinski definition) is 0. The van der Waals surface area contributed by atoms with Gasteiger partial charge in [-0.15, -0.1) is 0 Å². The fourth-order valence-electron chi connectivity index (χ4n) is 2.67. The molecule has 0 aromatic heterocycles. The quantitative estimate of drug-likeness (QED) is 0.113. The van der Waals surface area contributed by atoms with Crippen molar-refractivity contribution >= 4 is 16.1 Å². The summed E-state index contributed by atoms with van der Waals surface area (Å²) >= 11 is 0. The van der Waals surface area contributed by atoms with Gasteiger partial charge in [0.1, 0.15) is 6.61 Å². The normalized spacial score (nSPS) is 11.5. The van der Waals surface area contributed by atoms with Gasteiger partial charge in [-0.05, 0) is 32.1 Å². The van der Waals surface area contributed by atoms with Gasteiger partial charge in [0.15, 0.2) is 0 Å². The van der Waals surface area contributed by atoms with Crippen molar-refractivity contribution in [1.82, 2.24) is 0 Å². The molecular formula is C20H37NaO5S. The number of hydrogen-bond acceptors (Lipinski definition) is 5. The average Bonchev–Trinajstić information content (AvgIpc) is 2.57. The van der Waals surface area contributed by atoms with Crippen LogP contribution in [0.25, 0.3) is 0 Å². The molecule has 0 saturated carbocycles. The van der Waals surface area contributed by atoms with E-state index in [1.54, 1.807) is 0 Å². The smallest absolute Gasteiger partial charge is 0.748 e. The van der Waals surface area contributed by atoms with Crippen molar-refractivity contribution in [2.45, 2.75) is 96.8 Å². The van der Waals surface area contributed by atoms with Crippen LogP contribution in [-0.2, 0) is 19.6 Å². The molecule has 0 spiro atoms. The number of carbonyl (C=O) groups is 1. The van der Waals surface area contributed by atoms with E-state index in [9.17, 15) is 17.8 Å². The SMILES string of the molecule is CCCCCCCC/C=C\CCCCCCCC(=O)OCCS(=O)(=O)[O-].[Na+]. The predicted octanol–water partition coefficient (Wildman–Crippen LogP) is 2.12. The molecule has 0 bridgehead atoms. The molecule has 0 aliphatic rings.